The highest BCUT2D eigenvalue weighted by Gasteiger charge is 2.50. The van der Waals surface area contributed by atoms with Gasteiger partial charge in [-0.05, 0) is 95.4 Å². The van der Waals surface area contributed by atoms with Crippen molar-refractivity contribution in [3.05, 3.63) is 35.6 Å². The highest BCUT2D eigenvalue weighted by Crippen LogP contribution is 2.50. The number of carbonyl (C=O) groups is 3. The standard InChI is InChI=1S/C33H52FN5O3/c1-31(2,3)37-30(42)33(24-11-13-32(4,5)14-12-24)15-18-39(19-16-33)29(41)26(21-23-7-9-25(34)10-8-23)36-28(40)27-22-38(6)20-17-35-27/h7-10,24,26-27,35H,11-22H2,1-6H3,(H,36,40)(H,37,42)/t26-,27+/m1/s1. The maximum Gasteiger partial charge on any atom is 0.245 e. The lowest BCUT2D eigenvalue weighted by atomic mass is 9.59. The van der Waals surface area contributed by atoms with Crippen LogP contribution < -0.4 is 16.0 Å². The van der Waals surface area contributed by atoms with Crippen LogP contribution in [0, 0.1) is 22.6 Å². The lowest BCUT2D eigenvalue weighted by Gasteiger charge is -2.49. The number of amides is 3. The van der Waals surface area contributed by atoms with Crippen LogP contribution in [0.2, 0.25) is 0 Å². The van der Waals surface area contributed by atoms with Crippen LogP contribution in [0.25, 0.3) is 0 Å². The van der Waals surface area contributed by atoms with E-state index >= 15 is 0 Å². The topological polar surface area (TPSA) is 93.8 Å². The van der Waals surface area contributed by atoms with Gasteiger partial charge >= 0.3 is 0 Å². The molecule has 3 amide bonds. The molecule has 0 aromatic heterocycles. The molecule has 2 saturated heterocycles. The largest absolute Gasteiger partial charge is 0.351 e. The van der Waals surface area contributed by atoms with E-state index in [-0.39, 0.29) is 41.4 Å². The molecular weight excluding hydrogens is 533 g/mol. The van der Waals surface area contributed by atoms with Crippen molar-refractivity contribution in [1.82, 2.24) is 25.8 Å². The predicted octanol–water partition coefficient (Wildman–Crippen LogP) is 3.50. The molecule has 1 aromatic carbocycles. The van der Waals surface area contributed by atoms with E-state index in [0.717, 1.165) is 37.8 Å². The molecule has 234 valence electrons. The van der Waals surface area contributed by atoms with Crippen molar-refractivity contribution in [2.75, 3.05) is 39.8 Å². The van der Waals surface area contributed by atoms with Crippen LogP contribution in [0.15, 0.2) is 24.3 Å². The number of hydrogen-bond donors (Lipinski definition) is 3. The fraction of sp³-hybridized carbons (Fsp3) is 0.727. The fourth-order valence-corrected chi connectivity index (χ4v) is 6.99. The number of piperidine rings is 1. The van der Waals surface area contributed by atoms with Crippen LogP contribution in [0.3, 0.4) is 0 Å². The van der Waals surface area contributed by atoms with Gasteiger partial charge in [0.2, 0.25) is 17.7 Å². The van der Waals surface area contributed by atoms with Gasteiger partial charge in [-0.3, -0.25) is 14.4 Å². The highest BCUT2D eigenvalue weighted by molar-refractivity contribution is 5.90. The van der Waals surface area contributed by atoms with Crippen molar-refractivity contribution >= 4 is 17.7 Å². The van der Waals surface area contributed by atoms with Gasteiger partial charge in [-0.15, -0.1) is 0 Å². The summed E-state index contributed by atoms with van der Waals surface area (Å²) < 4.78 is 13.6. The highest BCUT2D eigenvalue weighted by atomic mass is 19.1. The van der Waals surface area contributed by atoms with Crippen molar-refractivity contribution < 1.29 is 18.8 Å². The molecule has 42 heavy (non-hydrogen) atoms. The van der Waals surface area contributed by atoms with Gasteiger partial charge in [-0.2, -0.15) is 0 Å². The van der Waals surface area contributed by atoms with Gasteiger partial charge < -0.3 is 25.8 Å². The molecule has 8 nitrogen and oxygen atoms in total. The van der Waals surface area contributed by atoms with E-state index in [1.54, 1.807) is 12.1 Å². The maximum absolute atomic E-state index is 14.0. The summed E-state index contributed by atoms with van der Waals surface area (Å²) in [7, 11) is 1.98. The Kier molecular flexibility index (Phi) is 10.0. The van der Waals surface area contributed by atoms with Gasteiger partial charge in [-0.25, -0.2) is 4.39 Å². The van der Waals surface area contributed by atoms with Gasteiger partial charge in [0.15, 0.2) is 0 Å². The number of rotatable bonds is 7. The summed E-state index contributed by atoms with van der Waals surface area (Å²) in [5.74, 6) is -0.300. The quantitative estimate of drug-likeness (QED) is 0.456. The first-order valence-corrected chi connectivity index (χ1v) is 15.8. The monoisotopic (exact) mass is 585 g/mol. The second-order valence-electron chi connectivity index (χ2n) is 14.8. The zero-order valence-corrected chi connectivity index (χ0v) is 26.5. The molecule has 1 aromatic rings. The Morgan fingerprint density at radius 1 is 1.02 bits per heavy atom. The molecule has 0 radical (unpaired) electrons. The van der Waals surface area contributed by atoms with E-state index in [9.17, 15) is 18.8 Å². The molecule has 0 unspecified atom stereocenters. The van der Waals surface area contributed by atoms with Crippen molar-refractivity contribution in [2.24, 2.45) is 16.7 Å². The summed E-state index contributed by atoms with van der Waals surface area (Å²) in [6.07, 6.45) is 5.73. The lowest BCUT2D eigenvalue weighted by molar-refractivity contribution is -0.148. The van der Waals surface area contributed by atoms with Gasteiger partial charge in [0, 0.05) is 44.7 Å². The third-order valence-corrected chi connectivity index (χ3v) is 9.69. The molecule has 3 aliphatic rings. The first-order chi connectivity index (χ1) is 19.7. The number of benzene rings is 1. The minimum atomic E-state index is -0.775. The number of nitrogens with one attached hydrogen (secondary N) is 3. The number of nitrogens with zero attached hydrogens (tertiary/aromatic N) is 2. The summed E-state index contributed by atoms with van der Waals surface area (Å²) in [4.78, 5) is 45.1. The van der Waals surface area contributed by atoms with E-state index in [0.29, 0.717) is 44.4 Å². The molecule has 1 saturated carbocycles. The second-order valence-corrected chi connectivity index (χ2v) is 14.8. The van der Waals surface area contributed by atoms with Gasteiger partial charge in [0.25, 0.3) is 0 Å². The minimum absolute atomic E-state index is 0.107. The Bertz CT molecular complexity index is 1100. The van der Waals surface area contributed by atoms with Crippen LogP contribution in [0.5, 0.6) is 0 Å². The predicted molar refractivity (Wildman–Crippen MR) is 163 cm³/mol. The summed E-state index contributed by atoms with van der Waals surface area (Å²) in [6.45, 7) is 13.7. The van der Waals surface area contributed by atoms with Gasteiger partial charge in [0.1, 0.15) is 11.9 Å². The fourth-order valence-electron chi connectivity index (χ4n) is 6.99. The van der Waals surface area contributed by atoms with Gasteiger partial charge in [-0.1, -0.05) is 26.0 Å². The molecule has 0 bridgehead atoms. The van der Waals surface area contributed by atoms with E-state index < -0.39 is 17.5 Å². The number of hydrogen-bond acceptors (Lipinski definition) is 5. The summed E-state index contributed by atoms with van der Waals surface area (Å²) in [5.41, 5.74) is 0.233. The number of likely N-dealkylation sites (tertiary alicyclic amines) is 1. The molecule has 1 aliphatic carbocycles. The first-order valence-electron chi connectivity index (χ1n) is 15.8. The Morgan fingerprint density at radius 3 is 2.21 bits per heavy atom. The molecule has 2 aliphatic heterocycles. The number of likely N-dealkylation sites (N-methyl/N-ethyl adjacent to an activating group) is 1. The van der Waals surface area contributed by atoms with Crippen LogP contribution in [0.1, 0.15) is 78.7 Å². The molecule has 9 heteroatoms. The van der Waals surface area contributed by atoms with E-state index in [2.05, 4.69) is 34.7 Å². The summed E-state index contributed by atoms with van der Waals surface area (Å²) in [6, 6.07) is 4.91. The molecule has 4 rings (SSSR count). The molecule has 2 atom stereocenters. The average molecular weight is 586 g/mol. The third-order valence-electron chi connectivity index (χ3n) is 9.69. The normalized spacial score (nSPS) is 24.1. The van der Waals surface area contributed by atoms with Crippen LogP contribution in [-0.2, 0) is 20.8 Å². The second kappa shape index (κ2) is 13.0. The smallest absolute Gasteiger partial charge is 0.245 e. The Labute approximate surface area is 251 Å². The van der Waals surface area contributed by atoms with Gasteiger partial charge in [0.05, 0.1) is 11.5 Å². The van der Waals surface area contributed by atoms with Crippen molar-refractivity contribution in [2.45, 2.75) is 97.2 Å². The zero-order valence-electron chi connectivity index (χ0n) is 26.5. The molecule has 3 N–H and O–H groups in total. The van der Waals surface area contributed by atoms with E-state index in [1.807, 2.05) is 32.7 Å². The summed E-state index contributed by atoms with van der Waals surface area (Å²) >= 11 is 0. The van der Waals surface area contributed by atoms with Crippen LogP contribution in [0.4, 0.5) is 4.39 Å². The minimum Gasteiger partial charge on any atom is -0.351 e. The number of piperazine rings is 1. The Balaban J connectivity index is 1.51. The molecule has 3 fully saturated rings. The average Bonchev–Trinajstić information content (AvgIpc) is 2.92. The van der Waals surface area contributed by atoms with Crippen LogP contribution in [-0.4, -0.2) is 84.9 Å². The first kappa shape index (κ1) is 32.4. The lowest BCUT2D eigenvalue weighted by Crippen LogP contribution is -2.61. The van der Waals surface area contributed by atoms with Crippen molar-refractivity contribution in [3.63, 3.8) is 0 Å². The molecule has 2 heterocycles. The van der Waals surface area contributed by atoms with Crippen molar-refractivity contribution in [3.8, 4) is 0 Å². The Hall–Kier alpha value is -2.52. The van der Waals surface area contributed by atoms with Crippen molar-refractivity contribution in [1.29, 1.82) is 0 Å². The van der Waals surface area contributed by atoms with E-state index in [1.165, 1.54) is 12.1 Å². The molecule has 0 spiro atoms. The molecular formula is C33H52FN5O3. The van der Waals surface area contributed by atoms with Crippen LogP contribution >= 0.6 is 0 Å². The van der Waals surface area contributed by atoms with E-state index in [4.69, 9.17) is 0 Å². The zero-order chi connectivity index (χ0) is 30.7. The number of carbonyl (C=O) groups excluding carboxylic acids is 3. The maximum atomic E-state index is 14.0. The SMILES string of the molecule is CN1CCN[C@H](C(=O)N[C@H](Cc2ccc(F)cc2)C(=O)N2CCC(C(=O)NC(C)(C)C)(C3CCC(C)(C)CC3)CC2)C1. The summed E-state index contributed by atoms with van der Waals surface area (Å²) in [5, 5.41) is 9.55. The Morgan fingerprint density at radius 2 is 1.64 bits per heavy atom. The third kappa shape index (κ3) is 8.10. The number of halogens is 1.